The van der Waals surface area contributed by atoms with Gasteiger partial charge >= 0.3 is 0 Å². The van der Waals surface area contributed by atoms with Gasteiger partial charge in [-0.1, -0.05) is 24.6 Å². The number of H-pyrrole nitrogens is 1. The largest absolute Gasteiger partial charge is 0.369 e. The molecule has 0 aliphatic carbocycles. The number of nitrogens with two attached hydrogens (primary N) is 1. The van der Waals surface area contributed by atoms with E-state index in [2.05, 4.69) is 57.4 Å². The summed E-state index contributed by atoms with van der Waals surface area (Å²) >= 11 is 7.10. The minimum absolute atomic E-state index is 0.546. The molecular formula is C17H20Br2N6. The Morgan fingerprint density at radius 3 is 2.60 bits per heavy atom. The highest BCUT2D eigenvalue weighted by molar-refractivity contribution is 9.13. The third-order valence-corrected chi connectivity index (χ3v) is 5.67. The summed E-state index contributed by atoms with van der Waals surface area (Å²) < 4.78 is 1.76. The number of fused-ring (bicyclic) bond motifs is 1. The SMILES string of the molecule is NCCCCCNc1nc(Nc2ccccc2)nc2[nH]c(Br)c(Br)c12. The molecule has 0 fully saturated rings. The fourth-order valence-electron chi connectivity index (χ4n) is 2.51. The highest BCUT2D eigenvalue weighted by Crippen LogP contribution is 2.35. The molecule has 0 saturated carbocycles. The zero-order valence-electron chi connectivity index (χ0n) is 13.6. The Hall–Kier alpha value is -1.64. The van der Waals surface area contributed by atoms with Gasteiger partial charge < -0.3 is 21.4 Å². The minimum Gasteiger partial charge on any atom is -0.369 e. The Morgan fingerprint density at radius 1 is 1.04 bits per heavy atom. The molecular weight excluding hydrogens is 448 g/mol. The van der Waals surface area contributed by atoms with Crippen molar-refractivity contribution in [1.29, 1.82) is 0 Å². The quantitative estimate of drug-likeness (QED) is 0.358. The lowest BCUT2D eigenvalue weighted by Crippen LogP contribution is -2.07. The van der Waals surface area contributed by atoms with Crippen molar-refractivity contribution in [3.05, 3.63) is 39.4 Å². The van der Waals surface area contributed by atoms with Crippen molar-refractivity contribution >= 4 is 60.3 Å². The minimum atomic E-state index is 0.546. The number of aromatic nitrogens is 3. The monoisotopic (exact) mass is 466 g/mol. The van der Waals surface area contributed by atoms with E-state index in [1.807, 2.05) is 30.3 Å². The molecule has 3 aromatic rings. The third-order valence-electron chi connectivity index (χ3n) is 3.75. The molecule has 0 radical (unpaired) electrons. The fraction of sp³-hybridized carbons (Fsp3) is 0.294. The van der Waals surface area contributed by atoms with Crippen molar-refractivity contribution in [1.82, 2.24) is 15.0 Å². The maximum Gasteiger partial charge on any atom is 0.231 e. The number of unbranched alkanes of at least 4 members (excludes halogenated alkanes) is 2. The van der Waals surface area contributed by atoms with Gasteiger partial charge in [-0.25, -0.2) is 0 Å². The maximum atomic E-state index is 5.55. The van der Waals surface area contributed by atoms with E-state index in [-0.39, 0.29) is 0 Å². The third kappa shape index (κ3) is 4.50. The van der Waals surface area contributed by atoms with Gasteiger partial charge in [0.1, 0.15) is 11.5 Å². The number of anilines is 3. The summed E-state index contributed by atoms with van der Waals surface area (Å²) in [6.07, 6.45) is 3.19. The predicted molar refractivity (Wildman–Crippen MR) is 110 cm³/mol. The smallest absolute Gasteiger partial charge is 0.231 e. The van der Waals surface area contributed by atoms with Gasteiger partial charge in [-0.3, -0.25) is 0 Å². The molecule has 1 aromatic carbocycles. The number of benzene rings is 1. The van der Waals surface area contributed by atoms with E-state index in [9.17, 15) is 0 Å². The molecule has 0 aliphatic heterocycles. The molecule has 25 heavy (non-hydrogen) atoms. The van der Waals surface area contributed by atoms with E-state index in [1.165, 1.54) is 0 Å². The second-order valence-electron chi connectivity index (χ2n) is 5.64. The summed E-state index contributed by atoms with van der Waals surface area (Å²) in [5, 5.41) is 7.61. The zero-order chi connectivity index (χ0) is 17.6. The van der Waals surface area contributed by atoms with Gasteiger partial charge in [0.2, 0.25) is 5.95 Å². The molecule has 2 heterocycles. The molecule has 0 unspecified atom stereocenters. The Balaban J connectivity index is 1.86. The van der Waals surface area contributed by atoms with Gasteiger partial charge in [-0.05, 0) is 63.4 Å². The first-order valence-electron chi connectivity index (χ1n) is 8.19. The lowest BCUT2D eigenvalue weighted by atomic mass is 10.2. The molecule has 0 spiro atoms. The number of nitrogens with one attached hydrogen (secondary N) is 3. The van der Waals surface area contributed by atoms with Crippen LogP contribution in [0.2, 0.25) is 0 Å². The van der Waals surface area contributed by atoms with Crippen LogP contribution in [0.15, 0.2) is 39.4 Å². The summed E-state index contributed by atoms with van der Waals surface area (Å²) in [4.78, 5) is 12.5. The van der Waals surface area contributed by atoms with Crippen LogP contribution in [0.1, 0.15) is 19.3 Å². The van der Waals surface area contributed by atoms with Crippen molar-refractivity contribution in [2.75, 3.05) is 23.7 Å². The highest BCUT2D eigenvalue weighted by Gasteiger charge is 2.15. The lowest BCUT2D eigenvalue weighted by molar-refractivity contribution is 0.706. The van der Waals surface area contributed by atoms with E-state index < -0.39 is 0 Å². The summed E-state index contributed by atoms with van der Waals surface area (Å²) in [5.41, 5.74) is 7.25. The first kappa shape index (κ1) is 18.2. The summed E-state index contributed by atoms with van der Waals surface area (Å²) in [7, 11) is 0. The standard InChI is InChI=1S/C17H20Br2N6/c18-13-12-15(21-10-6-2-5-9-20)24-17(25-16(12)23-14(13)19)22-11-7-3-1-4-8-11/h1,3-4,7-8H,2,5-6,9-10,20H2,(H3,21,22,23,24,25). The van der Waals surface area contributed by atoms with Crippen molar-refractivity contribution in [2.45, 2.75) is 19.3 Å². The summed E-state index contributed by atoms with van der Waals surface area (Å²) in [6.45, 7) is 1.57. The van der Waals surface area contributed by atoms with Crippen LogP contribution in [0, 0.1) is 0 Å². The van der Waals surface area contributed by atoms with E-state index in [4.69, 9.17) is 5.73 Å². The van der Waals surface area contributed by atoms with Crippen LogP contribution in [0.4, 0.5) is 17.5 Å². The van der Waals surface area contributed by atoms with Crippen molar-refractivity contribution in [2.24, 2.45) is 5.73 Å². The molecule has 0 amide bonds. The van der Waals surface area contributed by atoms with E-state index in [0.29, 0.717) is 5.95 Å². The maximum absolute atomic E-state index is 5.55. The van der Waals surface area contributed by atoms with Crippen molar-refractivity contribution in [3.63, 3.8) is 0 Å². The zero-order valence-corrected chi connectivity index (χ0v) is 16.8. The molecule has 0 atom stereocenters. The molecule has 8 heteroatoms. The normalized spacial score (nSPS) is 11.0. The molecule has 2 aromatic heterocycles. The van der Waals surface area contributed by atoms with Gasteiger partial charge in [0, 0.05) is 12.2 Å². The van der Waals surface area contributed by atoms with Crippen LogP contribution in [-0.4, -0.2) is 28.0 Å². The average Bonchev–Trinajstić information content (AvgIpc) is 2.90. The van der Waals surface area contributed by atoms with Crippen LogP contribution < -0.4 is 16.4 Å². The Bertz CT molecular complexity index is 834. The predicted octanol–water partition coefficient (Wildman–Crippen LogP) is 4.77. The first-order valence-corrected chi connectivity index (χ1v) is 9.78. The molecule has 0 saturated heterocycles. The lowest BCUT2D eigenvalue weighted by Gasteiger charge is -2.10. The number of para-hydroxylation sites is 1. The number of hydrogen-bond acceptors (Lipinski definition) is 5. The van der Waals surface area contributed by atoms with Gasteiger partial charge in [0.05, 0.1) is 14.5 Å². The average molecular weight is 468 g/mol. The molecule has 0 aliphatic rings. The van der Waals surface area contributed by atoms with Gasteiger partial charge in [0.25, 0.3) is 0 Å². The number of hydrogen-bond donors (Lipinski definition) is 4. The Morgan fingerprint density at radius 2 is 1.84 bits per heavy atom. The van der Waals surface area contributed by atoms with Crippen LogP contribution in [0.3, 0.4) is 0 Å². The van der Waals surface area contributed by atoms with Gasteiger partial charge in [-0.2, -0.15) is 9.97 Å². The van der Waals surface area contributed by atoms with Crippen LogP contribution in [0.5, 0.6) is 0 Å². The van der Waals surface area contributed by atoms with Crippen LogP contribution >= 0.6 is 31.9 Å². The van der Waals surface area contributed by atoms with Crippen molar-refractivity contribution < 1.29 is 0 Å². The fourth-order valence-corrected chi connectivity index (χ4v) is 3.38. The Labute approximate surface area is 163 Å². The van der Waals surface area contributed by atoms with Gasteiger partial charge in [-0.15, -0.1) is 0 Å². The van der Waals surface area contributed by atoms with Crippen molar-refractivity contribution in [3.8, 4) is 0 Å². The van der Waals surface area contributed by atoms with E-state index in [1.54, 1.807) is 0 Å². The number of aromatic amines is 1. The summed E-state index contributed by atoms with van der Waals surface area (Å²) in [6, 6.07) is 9.88. The van der Waals surface area contributed by atoms with Crippen LogP contribution in [0.25, 0.3) is 11.0 Å². The topological polar surface area (TPSA) is 91.7 Å². The van der Waals surface area contributed by atoms with Gasteiger partial charge in [0.15, 0.2) is 0 Å². The molecule has 0 bridgehead atoms. The first-order chi connectivity index (χ1) is 12.2. The second-order valence-corrected chi connectivity index (χ2v) is 7.23. The number of rotatable bonds is 8. The van der Waals surface area contributed by atoms with Crippen LogP contribution in [-0.2, 0) is 0 Å². The van der Waals surface area contributed by atoms with E-state index >= 15 is 0 Å². The Kier molecular flexibility index (Phi) is 6.28. The molecule has 3 rings (SSSR count). The second kappa shape index (κ2) is 8.64. The number of nitrogens with zero attached hydrogens (tertiary/aromatic N) is 2. The molecule has 5 N–H and O–H groups in total. The van der Waals surface area contributed by atoms with E-state index in [0.717, 1.165) is 64.0 Å². The summed E-state index contributed by atoms with van der Waals surface area (Å²) in [5.74, 6) is 1.34. The number of halogens is 2. The molecule has 132 valence electrons. The highest BCUT2D eigenvalue weighted by atomic mass is 79.9. The molecule has 6 nitrogen and oxygen atoms in total.